The summed E-state index contributed by atoms with van der Waals surface area (Å²) < 4.78 is 2.07. The zero-order chi connectivity index (χ0) is 10.1. The van der Waals surface area contributed by atoms with E-state index in [9.17, 15) is 9.59 Å². The van der Waals surface area contributed by atoms with Gasteiger partial charge in [-0.3, -0.25) is 0 Å². The fourth-order valence-corrected chi connectivity index (χ4v) is 2.51. The second-order valence-corrected chi connectivity index (χ2v) is 4.59. The average Bonchev–Trinajstić information content (AvgIpc) is 2.67. The molecule has 5 nitrogen and oxygen atoms in total. The summed E-state index contributed by atoms with van der Waals surface area (Å²) >= 11 is 4.79. The molecule has 0 fully saturated rings. The number of aromatic nitrogens is 3. The van der Waals surface area contributed by atoms with E-state index in [1.165, 1.54) is 11.3 Å². The molecule has 0 amide bonds. The molecule has 0 aliphatic carbocycles. The summed E-state index contributed by atoms with van der Waals surface area (Å²) in [4.78, 5) is 23.2. The zero-order valence-electron chi connectivity index (χ0n) is 6.91. The number of nitrogens with one attached hydrogen (secondary N) is 2. The Balaban J connectivity index is 2.36. The molecule has 0 aromatic carbocycles. The Kier molecular flexibility index (Phi) is 2.42. The molecular weight excluding hydrogens is 270 g/mol. The maximum Gasteiger partial charge on any atom is 0.344 e. The predicted molar refractivity (Wildman–Crippen MR) is 56.8 cm³/mol. The summed E-state index contributed by atoms with van der Waals surface area (Å²) in [5, 5.41) is 6.36. The van der Waals surface area contributed by atoms with Gasteiger partial charge in [0.2, 0.25) is 0 Å². The molecule has 2 rings (SSSR count). The summed E-state index contributed by atoms with van der Waals surface area (Å²) in [5.74, 6) is 0. The maximum absolute atomic E-state index is 11.1. The van der Waals surface area contributed by atoms with Crippen molar-refractivity contribution in [3.8, 4) is 0 Å². The van der Waals surface area contributed by atoms with Crippen molar-refractivity contribution in [1.82, 2.24) is 14.8 Å². The molecule has 0 bridgehead atoms. The number of hydrogen-bond donors (Lipinski definition) is 2. The molecule has 0 spiro atoms. The number of rotatable bonds is 2. The Morgan fingerprint density at radius 1 is 1.36 bits per heavy atom. The van der Waals surface area contributed by atoms with Crippen molar-refractivity contribution >= 4 is 27.3 Å². The molecule has 2 aromatic rings. The topological polar surface area (TPSA) is 70.7 Å². The number of aromatic amines is 2. The van der Waals surface area contributed by atoms with E-state index in [1.54, 1.807) is 0 Å². The number of hydrogen-bond acceptors (Lipinski definition) is 3. The summed E-state index contributed by atoms with van der Waals surface area (Å²) in [6, 6.07) is 1.88. The second kappa shape index (κ2) is 3.58. The van der Waals surface area contributed by atoms with E-state index in [0.29, 0.717) is 6.54 Å². The van der Waals surface area contributed by atoms with Crippen LogP contribution in [0.15, 0.2) is 25.5 Å². The highest BCUT2D eigenvalue weighted by Gasteiger charge is 2.05. The van der Waals surface area contributed by atoms with Crippen LogP contribution in [0.5, 0.6) is 0 Å². The molecular formula is C7H6BrN3O2S. The first-order valence-corrected chi connectivity index (χ1v) is 5.44. The third kappa shape index (κ3) is 1.73. The zero-order valence-corrected chi connectivity index (χ0v) is 9.31. The molecule has 0 aliphatic heterocycles. The van der Waals surface area contributed by atoms with Gasteiger partial charge in [-0.05, 0) is 22.0 Å². The Bertz CT molecular complexity index is 522. The van der Waals surface area contributed by atoms with Gasteiger partial charge in [-0.15, -0.1) is 11.3 Å². The summed E-state index contributed by atoms with van der Waals surface area (Å²) in [6.45, 7) is 0.300. The van der Waals surface area contributed by atoms with Crippen molar-refractivity contribution in [1.29, 1.82) is 0 Å². The molecule has 0 saturated heterocycles. The van der Waals surface area contributed by atoms with Gasteiger partial charge < -0.3 is 0 Å². The number of H-pyrrole nitrogens is 2. The molecule has 2 heterocycles. The first-order chi connectivity index (χ1) is 6.66. The Morgan fingerprint density at radius 3 is 2.50 bits per heavy atom. The van der Waals surface area contributed by atoms with E-state index < -0.39 is 11.4 Å². The smallest absolute Gasteiger partial charge is 0.247 e. The van der Waals surface area contributed by atoms with Crippen LogP contribution in [0.3, 0.4) is 0 Å². The van der Waals surface area contributed by atoms with Gasteiger partial charge in [0.25, 0.3) is 0 Å². The lowest BCUT2D eigenvalue weighted by atomic mass is 10.5. The fourth-order valence-electron chi connectivity index (χ4n) is 1.07. The van der Waals surface area contributed by atoms with Crippen molar-refractivity contribution in [2.75, 3.05) is 0 Å². The minimum Gasteiger partial charge on any atom is -0.247 e. The van der Waals surface area contributed by atoms with Crippen LogP contribution in [0.2, 0.25) is 0 Å². The quantitative estimate of drug-likeness (QED) is 0.849. The van der Waals surface area contributed by atoms with E-state index in [4.69, 9.17) is 0 Å². The molecule has 0 radical (unpaired) electrons. The van der Waals surface area contributed by atoms with Crippen molar-refractivity contribution < 1.29 is 0 Å². The number of nitrogens with zero attached hydrogens (tertiary/aromatic N) is 1. The van der Waals surface area contributed by atoms with Crippen LogP contribution in [0.4, 0.5) is 0 Å². The Labute approximate surface area is 90.5 Å². The van der Waals surface area contributed by atoms with Gasteiger partial charge in [0, 0.05) is 14.7 Å². The standard InChI is InChI=1S/C7H6BrN3O2S/c8-4-1-5(14-3-4)2-11-6(12)9-10-7(11)13/h1,3H,2H2,(H,9,12)(H,10,13). The minimum atomic E-state index is -0.417. The normalized spacial score (nSPS) is 10.6. The lowest BCUT2D eigenvalue weighted by molar-refractivity contribution is 0.743. The minimum absolute atomic E-state index is 0.300. The molecule has 0 saturated carbocycles. The highest BCUT2D eigenvalue weighted by Crippen LogP contribution is 2.19. The van der Waals surface area contributed by atoms with Crippen LogP contribution in [-0.4, -0.2) is 14.8 Å². The van der Waals surface area contributed by atoms with E-state index in [1.807, 2.05) is 11.4 Å². The molecule has 7 heteroatoms. The van der Waals surface area contributed by atoms with Gasteiger partial charge in [0.05, 0.1) is 6.54 Å². The van der Waals surface area contributed by atoms with Gasteiger partial charge in [0.15, 0.2) is 0 Å². The lowest BCUT2D eigenvalue weighted by Crippen LogP contribution is -2.26. The van der Waals surface area contributed by atoms with Gasteiger partial charge >= 0.3 is 11.4 Å². The maximum atomic E-state index is 11.1. The van der Waals surface area contributed by atoms with E-state index >= 15 is 0 Å². The highest BCUT2D eigenvalue weighted by atomic mass is 79.9. The van der Waals surface area contributed by atoms with Gasteiger partial charge in [-0.2, -0.15) is 0 Å². The predicted octanol–water partition coefficient (Wildman–Crippen LogP) is 0.737. The van der Waals surface area contributed by atoms with Crippen LogP contribution >= 0.6 is 27.3 Å². The van der Waals surface area contributed by atoms with Crippen molar-refractivity contribution in [3.05, 3.63) is 41.8 Å². The first kappa shape index (κ1) is 9.47. The molecule has 0 unspecified atom stereocenters. The Morgan fingerprint density at radius 2 is 2.00 bits per heavy atom. The summed E-state index contributed by atoms with van der Waals surface area (Å²) in [6.07, 6.45) is 0. The number of halogens is 1. The van der Waals surface area contributed by atoms with E-state index in [0.717, 1.165) is 13.9 Å². The van der Waals surface area contributed by atoms with Crippen LogP contribution in [0, 0.1) is 0 Å². The second-order valence-electron chi connectivity index (χ2n) is 2.68. The number of thiophene rings is 1. The van der Waals surface area contributed by atoms with Crippen LogP contribution in [-0.2, 0) is 6.54 Å². The van der Waals surface area contributed by atoms with Crippen molar-refractivity contribution in [2.45, 2.75) is 6.54 Å². The average molecular weight is 276 g/mol. The molecule has 0 aliphatic rings. The monoisotopic (exact) mass is 275 g/mol. The summed E-state index contributed by atoms with van der Waals surface area (Å²) in [5.41, 5.74) is -0.834. The van der Waals surface area contributed by atoms with Crippen LogP contribution in [0.25, 0.3) is 0 Å². The Hall–Kier alpha value is -1.08. The molecule has 14 heavy (non-hydrogen) atoms. The molecule has 0 atom stereocenters. The largest absolute Gasteiger partial charge is 0.344 e. The first-order valence-electron chi connectivity index (χ1n) is 3.77. The fraction of sp³-hybridized carbons (Fsp3) is 0.143. The SMILES string of the molecule is O=c1[nH][nH]c(=O)n1Cc1cc(Br)cs1. The van der Waals surface area contributed by atoms with E-state index in [2.05, 4.69) is 26.1 Å². The molecule has 2 aromatic heterocycles. The lowest BCUT2D eigenvalue weighted by Gasteiger charge is -1.93. The van der Waals surface area contributed by atoms with Crippen LogP contribution < -0.4 is 11.4 Å². The third-order valence-electron chi connectivity index (χ3n) is 1.70. The van der Waals surface area contributed by atoms with Gasteiger partial charge in [-0.1, -0.05) is 0 Å². The van der Waals surface area contributed by atoms with Gasteiger partial charge in [-0.25, -0.2) is 24.4 Å². The van der Waals surface area contributed by atoms with Crippen molar-refractivity contribution in [3.63, 3.8) is 0 Å². The summed E-state index contributed by atoms with van der Waals surface area (Å²) in [7, 11) is 0. The van der Waals surface area contributed by atoms with E-state index in [-0.39, 0.29) is 0 Å². The van der Waals surface area contributed by atoms with Crippen molar-refractivity contribution in [2.24, 2.45) is 0 Å². The van der Waals surface area contributed by atoms with Crippen LogP contribution in [0.1, 0.15) is 4.88 Å². The molecule has 74 valence electrons. The third-order valence-corrected chi connectivity index (χ3v) is 3.38. The molecule has 2 N–H and O–H groups in total. The highest BCUT2D eigenvalue weighted by molar-refractivity contribution is 9.10. The van der Waals surface area contributed by atoms with Gasteiger partial charge in [0.1, 0.15) is 0 Å².